The number of likely N-dealkylation sites (N-methyl/N-ethyl adjacent to an activating group) is 1. The highest BCUT2D eigenvalue weighted by Gasteiger charge is 2.27. The lowest BCUT2D eigenvalue weighted by Crippen LogP contribution is -2.37. The van der Waals surface area contributed by atoms with Crippen molar-refractivity contribution in [2.45, 2.75) is 335 Å². The van der Waals surface area contributed by atoms with Crippen molar-refractivity contribution in [3.05, 3.63) is 0 Å². The number of phosphoric acid groups is 1. The predicted molar refractivity (Wildman–Crippen MR) is 303 cm³/mol. The SMILES string of the molecule is CCCCCCCCCCCCCCCCCCCCCCCCCCCCCCCCCCCC(=O)OC(COC(=O)CCCCCCCCCCCCCCCC)COP(=O)(O)OCC[N+](C)(C)C. The molecular weight excluding hydrogens is 906 g/mol. The summed E-state index contributed by atoms with van der Waals surface area (Å²) < 4.78 is 34.6. The molecule has 0 rings (SSSR count). The van der Waals surface area contributed by atoms with E-state index in [0.29, 0.717) is 17.4 Å². The van der Waals surface area contributed by atoms with E-state index in [1.807, 2.05) is 21.1 Å². The molecule has 0 aromatic carbocycles. The summed E-state index contributed by atoms with van der Waals surface area (Å²) in [4.78, 5) is 35.6. The zero-order valence-corrected chi connectivity index (χ0v) is 49.1. The molecule has 9 nitrogen and oxygen atoms in total. The molecule has 0 aromatic heterocycles. The quantitative estimate of drug-likeness (QED) is 0.0278. The summed E-state index contributed by atoms with van der Waals surface area (Å²) in [6.45, 7) is 4.50. The second-order valence-corrected chi connectivity index (χ2v) is 24.3. The van der Waals surface area contributed by atoms with Crippen LogP contribution in [0.5, 0.6) is 0 Å². The van der Waals surface area contributed by atoms with Crippen molar-refractivity contribution in [3.63, 3.8) is 0 Å². The first-order valence-corrected chi connectivity index (χ1v) is 32.8. The monoisotopic (exact) mass is 1030 g/mol. The van der Waals surface area contributed by atoms with Gasteiger partial charge in [0.05, 0.1) is 27.7 Å². The van der Waals surface area contributed by atoms with Gasteiger partial charge in [-0.1, -0.05) is 303 Å². The molecule has 0 spiro atoms. The molecule has 1 N–H and O–H groups in total. The van der Waals surface area contributed by atoms with Crippen LogP contribution >= 0.6 is 7.82 Å². The van der Waals surface area contributed by atoms with E-state index in [9.17, 15) is 19.0 Å². The number of unbranched alkanes of at least 4 members (excludes halogenated alkanes) is 45. The smallest absolute Gasteiger partial charge is 0.462 e. The molecule has 2 unspecified atom stereocenters. The number of quaternary nitrogens is 1. The number of hydrogen-bond acceptors (Lipinski definition) is 7. The van der Waals surface area contributed by atoms with E-state index in [0.717, 1.165) is 38.5 Å². The summed E-state index contributed by atoms with van der Waals surface area (Å²) in [6, 6.07) is 0. The fourth-order valence-corrected chi connectivity index (χ4v) is 10.3. The summed E-state index contributed by atoms with van der Waals surface area (Å²) in [6.07, 6.45) is 62.0. The standard InChI is InChI=1S/C61H122NO8P/c1-6-8-10-12-14-16-18-20-22-23-24-25-26-27-28-29-30-31-32-33-34-35-36-37-38-39-40-42-44-46-48-50-52-54-61(64)70-59(58-69-71(65,66)68-56-55-62(3,4)5)57-67-60(63)53-51-49-47-45-43-41-21-19-17-15-13-11-9-7-2/h59H,6-58H2,1-5H3/p+1. The maximum Gasteiger partial charge on any atom is 0.472 e. The maximum absolute atomic E-state index is 12.8. The van der Waals surface area contributed by atoms with Gasteiger partial charge in [0.15, 0.2) is 6.10 Å². The molecule has 10 heteroatoms. The zero-order valence-electron chi connectivity index (χ0n) is 48.3. The van der Waals surface area contributed by atoms with Crippen LogP contribution in [0.3, 0.4) is 0 Å². The van der Waals surface area contributed by atoms with Crippen LogP contribution in [0.4, 0.5) is 0 Å². The first kappa shape index (κ1) is 70.0. The van der Waals surface area contributed by atoms with Crippen LogP contribution in [0.1, 0.15) is 328 Å². The first-order valence-electron chi connectivity index (χ1n) is 31.3. The highest BCUT2D eigenvalue weighted by Crippen LogP contribution is 2.43. The normalized spacial score (nSPS) is 13.2. The van der Waals surface area contributed by atoms with Gasteiger partial charge in [-0.05, 0) is 12.8 Å². The topological polar surface area (TPSA) is 108 Å². The molecule has 0 aromatic rings. The minimum absolute atomic E-state index is 0.0373. The van der Waals surface area contributed by atoms with Crippen LogP contribution in [0.2, 0.25) is 0 Å². The van der Waals surface area contributed by atoms with Gasteiger partial charge in [-0.15, -0.1) is 0 Å². The van der Waals surface area contributed by atoms with Crippen LogP contribution in [0, 0.1) is 0 Å². The van der Waals surface area contributed by atoms with Gasteiger partial charge in [-0.25, -0.2) is 4.57 Å². The van der Waals surface area contributed by atoms with Gasteiger partial charge in [0, 0.05) is 12.8 Å². The largest absolute Gasteiger partial charge is 0.472 e. The molecule has 0 aliphatic rings. The molecule has 0 aliphatic carbocycles. The first-order chi connectivity index (χ1) is 34.5. The van der Waals surface area contributed by atoms with Gasteiger partial charge in [0.25, 0.3) is 0 Å². The number of ether oxygens (including phenoxy) is 2. The van der Waals surface area contributed by atoms with Crippen LogP contribution < -0.4 is 0 Å². The lowest BCUT2D eigenvalue weighted by Gasteiger charge is -2.24. The lowest BCUT2D eigenvalue weighted by atomic mass is 10.0. The Hall–Kier alpha value is -0.990. The Morgan fingerprint density at radius 1 is 0.380 bits per heavy atom. The van der Waals surface area contributed by atoms with E-state index in [2.05, 4.69) is 13.8 Å². The Balaban J connectivity index is 3.93. The Kier molecular flexibility index (Phi) is 53.1. The average molecular weight is 1030 g/mol. The molecular formula is C61H123NO8P+. The van der Waals surface area contributed by atoms with Gasteiger partial charge < -0.3 is 18.9 Å². The van der Waals surface area contributed by atoms with E-state index in [1.165, 1.54) is 263 Å². The van der Waals surface area contributed by atoms with E-state index in [4.69, 9.17) is 18.5 Å². The van der Waals surface area contributed by atoms with Crippen LogP contribution in [0.25, 0.3) is 0 Å². The van der Waals surface area contributed by atoms with Crippen molar-refractivity contribution >= 4 is 19.8 Å². The summed E-state index contributed by atoms with van der Waals surface area (Å²) in [5.74, 6) is -0.774. The molecule has 0 aliphatic heterocycles. The third-order valence-corrected chi connectivity index (χ3v) is 15.4. The van der Waals surface area contributed by atoms with Gasteiger partial charge in [0.2, 0.25) is 0 Å². The second-order valence-electron chi connectivity index (χ2n) is 22.8. The number of phosphoric ester groups is 1. The molecule has 2 atom stereocenters. The second kappa shape index (κ2) is 53.8. The van der Waals surface area contributed by atoms with Crippen molar-refractivity contribution < 1.29 is 42.1 Å². The predicted octanol–water partition coefficient (Wildman–Crippen LogP) is 19.4. The average Bonchev–Trinajstić information content (AvgIpc) is 3.33. The lowest BCUT2D eigenvalue weighted by molar-refractivity contribution is -0.870. The highest BCUT2D eigenvalue weighted by atomic mass is 31.2. The Bertz CT molecular complexity index is 1160. The minimum atomic E-state index is -4.38. The van der Waals surface area contributed by atoms with Crippen molar-refractivity contribution in [2.24, 2.45) is 0 Å². The third-order valence-electron chi connectivity index (χ3n) is 14.4. The summed E-state index contributed by atoms with van der Waals surface area (Å²) in [5.41, 5.74) is 0. The molecule has 0 saturated carbocycles. The number of rotatable bonds is 59. The van der Waals surface area contributed by atoms with Crippen LogP contribution in [0.15, 0.2) is 0 Å². The van der Waals surface area contributed by atoms with Gasteiger partial charge in [-0.2, -0.15) is 0 Å². The Morgan fingerprint density at radius 2 is 0.634 bits per heavy atom. The van der Waals surface area contributed by atoms with Gasteiger partial charge in [0.1, 0.15) is 19.8 Å². The van der Waals surface area contributed by atoms with Gasteiger partial charge >= 0.3 is 19.8 Å². The molecule has 71 heavy (non-hydrogen) atoms. The van der Waals surface area contributed by atoms with Crippen molar-refractivity contribution in [2.75, 3.05) is 47.5 Å². The summed E-state index contributed by atoms with van der Waals surface area (Å²) in [7, 11) is 1.50. The fourth-order valence-electron chi connectivity index (χ4n) is 9.55. The number of esters is 2. The molecule has 424 valence electrons. The number of carbonyl (C=O) groups is 2. The summed E-state index contributed by atoms with van der Waals surface area (Å²) >= 11 is 0. The van der Waals surface area contributed by atoms with E-state index < -0.39 is 26.5 Å². The molecule has 0 fully saturated rings. The Morgan fingerprint density at radius 3 is 0.901 bits per heavy atom. The number of carbonyl (C=O) groups excluding carboxylic acids is 2. The molecule has 0 radical (unpaired) electrons. The van der Waals surface area contributed by atoms with Crippen LogP contribution in [-0.4, -0.2) is 74.9 Å². The third kappa shape index (κ3) is 58.1. The van der Waals surface area contributed by atoms with Crippen molar-refractivity contribution in [1.82, 2.24) is 0 Å². The maximum atomic E-state index is 12.8. The molecule has 0 saturated heterocycles. The van der Waals surface area contributed by atoms with Crippen molar-refractivity contribution in [1.29, 1.82) is 0 Å². The molecule has 0 heterocycles. The fraction of sp³-hybridized carbons (Fsp3) is 0.967. The van der Waals surface area contributed by atoms with Crippen molar-refractivity contribution in [3.8, 4) is 0 Å². The molecule has 0 bridgehead atoms. The highest BCUT2D eigenvalue weighted by molar-refractivity contribution is 7.47. The summed E-state index contributed by atoms with van der Waals surface area (Å²) in [5, 5.41) is 0. The zero-order chi connectivity index (χ0) is 52.0. The minimum Gasteiger partial charge on any atom is -0.462 e. The van der Waals surface area contributed by atoms with Crippen LogP contribution in [-0.2, 0) is 32.7 Å². The number of nitrogens with zero attached hydrogens (tertiary/aromatic N) is 1. The Labute approximate surface area is 442 Å². The van der Waals surface area contributed by atoms with E-state index in [-0.39, 0.29) is 25.6 Å². The number of hydrogen-bond donors (Lipinski definition) is 1. The van der Waals surface area contributed by atoms with E-state index in [1.54, 1.807) is 0 Å². The van der Waals surface area contributed by atoms with Gasteiger partial charge in [-0.3, -0.25) is 18.6 Å². The molecule has 0 amide bonds. The van der Waals surface area contributed by atoms with E-state index >= 15 is 0 Å².